The maximum absolute atomic E-state index is 11.6. The molecule has 0 aliphatic heterocycles. The van der Waals surface area contributed by atoms with Crippen molar-refractivity contribution in [2.45, 2.75) is 45.6 Å². The number of carbonyl (C=O) groups is 1. The largest absolute Gasteiger partial charge is 0.481 e. The number of hydrogen-bond donors (Lipinski definition) is 2. The Morgan fingerprint density at radius 1 is 1.09 bits per heavy atom. The second kappa shape index (κ2) is 9.51. The molecule has 2 heterocycles. The number of nitrogens with zero attached hydrogens (tertiary/aromatic N) is 6. The van der Waals surface area contributed by atoms with Gasteiger partial charge in [-0.2, -0.15) is 5.10 Å². The van der Waals surface area contributed by atoms with Crippen LogP contribution in [0.2, 0.25) is 0 Å². The lowest BCUT2D eigenvalue weighted by Crippen LogP contribution is -2.13. The van der Waals surface area contributed by atoms with E-state index in [2.05, 4.69) is 42.8 Å². The number of carboxylic acid groups (broad SMARTS) is 1. The molecule has 9 heteroatoms. The summed E-state index contributed by atoms with van der Waals surface area (Å²) in [6.07, 6.45) is 1.97. The minimum absolute atomic E-state index is 0.391. The van der Waals surface area contributed by atoms with Gasteiger partial charge in [0.1, 0.15) is 11.7 Å². The summed E-state index contributed by atoms with van der Waals surface area (Å²) < 4.78 is 1.81. The Labute approximate surface area is 185 Å². The van der Waals surface area contributed by atoms with Gasteiger partial charge < -0.3 is 5.11 Å². The Balaban J connectivity index is 1.59. The summed E-state index contributed by atoms with van der Waals surface area (Å²) in [5, 5.41) is 28.3. The molecule has 0 amide bonds. The van der Waals surface area contributed by atoms with Crippen LogP contribution in [0.25, 0.3) is 22.5 Å². The van der Waals surface area contributed by atoms with Gasteiger partial charge in [0.05, 0.1) is 6.54 Å². The standard InChI is InChI=1S/C23H25N7O2/c1-3-7-19(23(31)32)21-24-20(4-2)30(27-21)14-15-10-12-16(13-11-15)17-8-5-6-9-18(17)22-25-28-29-26-22/h5-6,8-13,19H,3-4,7,14H2,1-2H3,(H,31,32)(H,25,26,28,29). The smallest absolute Gasteiger partial charge is 0.314 e. The Morgan fingerprint density at radius 2 is 1.84 bits per heavy atom. The van der Waals surface area contributed by atoms with Gasteiger partial charge in [0.2, 0.25) is 0 Å². The second-order valence-corrected chi connectivity index (χ2v) is 7.57. The zero-order chi connectivity index (χ0) is 22.5. The maximum atomic E-state index is 11.6. The highest BCUT2D eigenvalue weighted by atomic mass is 16.4. The molecule has 0 aliphatic rings. The minimum atomic E-state index is -0.878. The van der Waals surface area contributed by atoms with Crippen LogP contribution in [0.5, 0.6) is 0 Å². The summed E-state index contributed by atoms with van der Waals surface area (Å²) in [4.78, 5) is 16.2. The number of tetrazole rings is 1. The SMILES string of the molecule is CCCC(C(=O)O)c1nc(CC)n(Cc2ccc(-c3ccccc3-c3nnn[nH]3)cc2)n1. The van der Waals surface area contributed by atoms with E-state index in [4.69, 9.17) is 0 Å². The molecule has 32 heavy (non-hydrogen) atoms. The molecule has 2 aromatic carbocycles. The number of aromatic amines is 1. The summed E-state index contributed by atoms with van der Waals surface area (Å²) in [5.74, 6) is 0.247. The minimum Gasteiger partial charge on any atom is -0.481 e. The van der Waals surface area contributed by atoms with Gasteiger partial charge in [-0.05, 0) is 33.5 Å². The molecule has 164 valence electrons. The number of rotatable bonds is 9. The van der Waals surface area contributed by atoms with Gasteiger partial charge in [0, 0.05) is 12.0 Å². The number of H-pyrrole nitrogens is 1. The van der Waals surface area contributed by atoms with Gasteiger partial charge in [-0.1, -0.05) is 68.8 Å². The molecular formula is C23H25N7O2. The third kappa shape index (κ3) is 4.41. The van der Waals surface area contributed by atoms with Crippen LogP contribution < -0.4 is 0 Å². The summed E-state index contributed by atoms with van der Waals surface area (Å²) in [5.41, 5.74) is 4.06. The van der Waals surface area contributed by atoms with Crippen molar-refractivity contribution in [3.63, 3.8) is 0 Å². The molecule has 0 fully saturated rings. The first-order chi connectivity index (χ1) is 15.6. The number of nitrogens with one attached hydrogen (secondary N) is 1. The molecule has 1 atom stereocenters. The summed E-state index contributed by atoms with van der Waals surface area (Å²) in [6.45, 7) is 4.49. The quantitative estimate of drug-likeness (QED) is 0.414. The zero-order valence-electron chi connectivity index (χ0n) is 18.1. The van der Waals surface area contributed by atoms with Crippen LogP contribution in [-0.4, -0.2) is 46.5 Å². The first-order valence-corrected chi connectivity index (χ1v) is 10.7. The Bertz CT molecular complexity index is 1180. The number of carboxylic acids is 1. The second-order valence-electron chi connectivity index (χ2n) is 7.57. The molecule has 4 rings (SSSR count). The molecule has 0 aliphatic carbocycles. The number of aryl methyl sites for hydroxylation is 1. The lowest BCUT2D eigenvalue weighted by molar-refractivity contribution is -0.139. The van der Waals surface area contributed by atoms with Crippen molar-refractivity contribution in [2.75, 3.05) is 0 Å². The zero-order valence-corrected chi connectivity index (χ0v) is 18.1. The summed E-state index contributed by atoms with van der Waals surface area (Å²) >= 11 is 0. The normalized spacial score (nSPS) is 12.1. The number of benzene rings is 2. The van der Waals surface area contributed by atoms with E-state index in [-0.39, 0.29) is 0 Å². The van der Waals surface area contributed by atoms with Crippen molar-refractivity contribution >= 4 is 5.97 Å². The van der Waals surface area contributed by atoms with Crippen LogP contribution in [0.15, 0.2) is 48.5 Å². The van der Waals surface area contributed by atoms with Crippen molar-refractivity contribution in [1.82, 2.24) is 35.4 Å². The van der Waals surface area contributed by atoms with E-state index in [9.17, 15) is 9.90 Å². The van der Waals surface area contributed by atoms with Crippen LogP contribution in [0.3, 0.4) is 0 Å². The van der Waals surface area contributed by atoms with Crippen molar-refractivity contribution in [2.24, 2.45) is 0 Å². The topological polar surface area (TPSA) is 122 Å². The highest BCUT2D eigenvalue weighted by Crippen LogP contribution is 2.30. The molecule has 0 saturated carbocycles. The predicted octanol–water partition coefficient (Wildman–Crippen LogP) is 3.70. The van der Waals surface area contributed by atoms with Crippen LogP contribution >= 0.6 is 0 Å². The molecule has 4 aromatic rings. The molecule has 9 nitrogen and oxygen atoms in total. The van der Waals surface area contributed by atoms with E-state index in [0.29, 0.717) is 31.0 Å². The fraction of sp³-hybridized carbons (Fsp3) is 0.304. The Kier molecular flexibility index (Phi) is 6.34. The Morgan fingerprint density at radius 3 is 2.47 bits per heavy atom. The van der Waals surface area contributed by atoms with Gasteiger partial charge in [-0.15, -0.1) is 5.10 Å². The Hall–Kier alpha value is -3.88. The van der Waals surface area contributed by atoms with E-state index in [1.165, 1.54) is 0 Å². The van der Waals surface area contributed by atoms with Crippen LogP contribution in [0, 0.1) is 0 Å². The van der Waals surface area contributed by atoms with E-state index >= 15 is 0 Å². The number of aromatic nitrogens is 7. The fourth-order valence-electron chi connectivity index (χ4n) is 3.76. The molecule has 0 spiro atoms. The summed E-state index contributed by atoms with van der Waals surface area (Å²) in [6, 6.07) is 16.1. The molecule has 0 saturated heterocycles. The third-order valence-corrected chi connectivity index (χ3v) is 5.39. The molecule has 0 bridgehead atoms. The van der Waals surface area contributed by atoms with Gasteiger partial charge in [-0.3, -0.25) is 4.79 Å². The van der Waals surface area contributed by atoms with Crippen LogP contribution in [-0.2, 0) is 17.8 Å². The lowest BCUT2D eigenvalue weighted by atomic mass is 9.98. The molecule has 2 aromatic heterocycles. The van der Waals surface area contributed by atoms with Gasteiger partial charge in [0.25, 0.3) is 0 Å². The summed E-state index contributed by atoms with van der Waals surface area (Å²) in [7, 11) is 0. The first-order valence-electron chi connectivity index (χ1n) is 10.7. The van der Waals surface area contributed by atoms with Crippen molar-refractivity contribution < 1.29 is 9.90 Å². The van der Waals surface area contributed by atoms with E-state index in [0.717, 1.165) is 34.5 Å². The van der Waals surface area contributed by atoms with E-state index in [1.54, 1.807) is 0 Å². The highest BCUT2D eigenvalue weighted by Gasteiger charge is 2.24. The van der Waals surface area contributed by atoms with E-state index in [1.807, 2.05) is 54.9 Å². The monoisotopic (exact) mass is 431 g/mol. The molecule has 1 unspecified atom stereocenters. The first kappa shape index (κ1) is 21.4. The number of hydrogen-bond acceptors (Lipinski definition) is 6. The van der Waals surface area contributed by atoms with Crippen LogP contribution in [0.1, 0.15) is 49.8 Å². The van der Waals surface area contributed by atoms with E-state index < -0.39 is 11.9 Å². The van der Waals surface area contributed by atoms with Crippen LogP contribution in [0.4, 0.5) is 0 Å². The fourth-order valence-corrected chi connectivity index (χ4v) is 3.76. The maximum Gasteiger partial charge on any atom is 0.314 e. The van der Waals surface area contributed by atoms with Gasteiger partial charge >= 0.3 is 5.97 Å². The molecule has 2 N–H and O–H groups in total. The highest BCUT2D eigenvalue weighted by molar-refractivity contribution is 5.80. The predicted molar refractivity (Wildman–Crippen MR) is 119 cm³/mol. The lowest BCUT2D eigenvalue weighted by Gasteiger charge is -2.09. The average Bonchev–Trinajstić information content (AvgIpc) is 3.48. The molecular weight excluding hydrogens is 406 g/mol. The number of aliphatic carboxylic acids is 1. The van der Waals surface area contributed by atoms with Gasteiger partial charge in [-0.25, -0.2) is 14.8 Å². The third-order valence-electron chi connectivity index (χ3n) is 5.39. The van der Waals surface area contributed by atoms with Crippen molar-refractivity contribution in [3.8, 4) is 22.5 Å². The van der Waals surface area contributed by atoms with Gasteiger partial charge in [0.15, 0.2) is 11.6 Å². The van der Waals surface area contributed by atoms with Crippen molar-refractivity contribution in [3.05, 3.63) is 65.7 Å². The average molecular weight is 432 g/mol. The van der Waals surface area contributed by atoms with Crippen molar-refractivity contribution in [1.29, 1.82) is 0 Å². The molecule has 0 radical (unpaired) electrons.